The van der Waals surface area contributed by atoms with Crippen molar-refractivity contribution in [3.63, 3.8) is 0 Å². The summed E-state index contributed by atoms with van der Waals surface area (Å²) in [6.45, 7) is 0.205. The highest BCUT2D eigenvalue weighted by Gasteiger charge is 2.46. The number of ether oxygens (including phenoxy) is 2. The van der Waals surface area contributed by atoms with Crippen LogP contribution < -0.4 is 20.7 Å². The van der Waals surface area contributed by atoms with E-state index in [2.05, 4.69) is 20.9 Å². The van der Waals surface area contributed by atoms with Crippen molar-refractivity contribution in [2.24, 2.45) is 0 Å². The molecule has 2 fully saturated rings. The number of aliphatic hydroxyl groups excluding tert-OH is 1. The first kappa shape index (κ1) is 23.6. The summed E-state index contributed by atoms with van der Waals surface area (Å²) in [5.74, 6) is 0.573. The van der Waals surface area contributed by atoms with Gasteiger partial charge in [0, 0.05) is 42.1 Å². The SMILES string of the molecule is O=C(C[C@H]1C[C@@H]2c3cc(NC(=O)NC4CCCC4)ccc3O[C@@H]2[C@H](CO)O1)NCc1cccnc1. The van der Waals surface area contributed by atoms with E-state index in [1.54, 1.807) is 12.4 Å². The number of anilines is 1. The summed E-state index contributed by atoms with van der Waals surface area (Å²) in [6, 6.07) is 9.39. The van der Waals surface area contributed by atoms with E-state index < -0.39 is 6.10 Å². The van der Waals surface area contributed by atoms with Crippen LogP contribution in [0.2, 0.25) is 0 Å². The lowest BCUT2D eigenvalue weighted by atomic mass is 9.84. The van der Waals surface area contributed by atoms with Gasteiger partial charge in [-0.25, -0.2) is 4.79 Å². The number of amides is 3. The van der Waals surface area contributed by atoms with Crippen molar-refractivity contribution in [3.05, 3.63) is 53.9 Å². The highest BCUT2D eigenvalue weighted by molar-refractivity contribution is 5.89. The molecular formula is C26H32N4O5. The Morgan fingerprint density at radius 1 is 1.17 bits per heavy atom. The van der Waals surface area contributed by atoms with Gasteiger partial charge in [0.15, 0.2) is 0 Å². The van der Waals surface area contributed by atoms with Crippen LogP contribution in [0.1, 0.15) is 55.6 Å². The van der Waals surface area contributed by atoms with Gasteiger partial charge in [0.1, 0.15) is 18.0 Å². The number of hydrogen-bond donors (Lipinski definition) is 4. The lowest BCUT2D eigenvalue weighted by molar-refractivity contribution is -0.142. The minimum Gasteiger partial charge on any atom is -0.487 e. The van der Waals surface area contributed by atoms with Gasteiger partial charge in [-0.15, -0.1) is 0 Å². The molecule has 0 bridgehead atoms. The molecule has 2 aromatic rings. The Hall–Kier alpha value is -3.17. The van der Waals surface area contributed by atoms with E-state index in [0.29, 0.717) is 18.7 Å². The van der Waals surface area contributed by atoms with E-state index in [-0.39, 0.29) is 49.1 Å². The number of carbonyl (C=O) groups excluding carboxylic acids is 2. The molecule has 1 saturated heterocycles. The fraction of sp³-hybridized carbons (Fsp3) is 0.500. The molecule has 9 nitrogen and oxygen atoms in total. The molecule has 5 rings (SSSR count). The third kappa shape index (κ3) is 5.57. The Balaban J connectivity index is 1.22. The molecule has 186 valence electrons. The van der Waals surface area contributed by atoms with Gasteiger partial charge in [-0.3, -0.25) is 9.78 Å². The highest BCUT2D eigenvalue weighted by Crippen LogP contribution is 2.47. The number of hydrogen-bond acceptors (Lipinski definition) is 6. The smallest absolute Gasteiger partial charge is 0.319 e. The molecule has 0 unspecified atom stereocenters. The number of nitrogens with one attached hydrogen (secondary N) is 3. The summed E-state index contributed by atoms with van der Waals surface area (Å²) in [4.78, 5) is 29.1. The lowest BCUT2D eigenvalue weighted by Crippen LogP contribution is -2.47. The first-order valence-corrected chi connectivity index (χ1v) is 12.4. The van der Waals surface area contributed by atoms with Crippen LogP contribution in [0.15, 0.2) is 42.7 Å². The second kappa shape index (κ2) is 10.6. The monoisotopic (exact) mass is 480 g/mol. The number of pyridine rings is 1. The molecule has 4 atom stereocenters. The Morgan fingerprint density at radius 3 is 2.80 bits per heavy atom. The number of nitrogens with zero attached hydrogens (tertiary/aromatic N) is 1. The average Bonchev–Trinajstić information content (AvgIpc) is 3.50. The van der Waals surface area contributed by atoms with Crippen LogP contribution in [-0.4, -0.2) is 53.0 Å². The minimum absolute atomic E-state index is 0.0355. The van der Waals surface area contributed by atoms with E-state index in [4.69, 9.17) is 9.47 Å². The van der Waals surface area contributed by atoms with Gasteiger partial charge < -0.3 is 30.5 Å². The summed E-state index contributed by atoms with van der Waals surface area (Å²) in [5.41, 5.74) is 2.59. The summed E-state index contributed by atoms with van der Waals surface area (Å²) in [6.07, 6.45) is 7.34. The molecule has 3 amide bonds. The largest absolute Gasteiger partial charge is 0.487 e. The van der Waals surface area contributed by atoms with E-state index >= 15 is 0 Å². The molecule has 1 saturated carbocycles. The third-order valence-electron chi connectivity index (χ3n) is 7.07. The van der Waals surface area contributed by atoms with Crippen LogP contribution in [0.3, 0.4) is 0 Å². The molecule has 4 N–H and O–H groups in total. The second-order valence-electron chi connectivity index (χ2n) is 9.58. The average molecular weight is 481 g/mol. The topological polar surface area (TPSA) is 122 Å². The van der Waals surface area contributed by atoms with Gasteiger partial charge in [0.25, 0.3) is 0 Å². The quantitative estimate of drug-likeness (QED) is 0.484. The Morgan fingerprint density at radius 2 is 2.03 bits per heavy atom. The summed E-state index contributed by atoms with van der Waals surface area (Å²) >= 11 is 0. The standard InChI is InChI=1S/C26H32N4O5/c31-15-23-25-21(11-19(34-23)12-24(32)28-14-16-4-3-9-27-13-16)20-10-18(7-8-22(20)35-25)30-26(33)29-17-5-1-2-6-17/h3-4,7-10,13,17,19,21,23,25,31H,1-2,5-6,11-12,14-15H2,(H,28,32)(H2,29,30,33)/t19-,21-,23+,25+/m1/s1. The molecule has 1 aliphatic carbocycles. The first-order chi connectivity index (χ1) is 17.1. The maximum absolute atomic E-state index is 12.6. The number of carbonyl (C=O) groups is 2. The molecule has 9 heteroatoms. The summed E-state index contributed by atoms with van der Waals surface area (Å²) in [5, 5.41) is 18.8. The number of fused-ring (bicyclic) bond motifs is 3. The van der Waals surface area contributed by atoms with Crippen molar-refractivity contribution >= 4 is 17.6 Å². The zero-order chi connectivity index (χ0) is 24.2. The molecular weight excluding hydrogens is 448 g/mol. The maximum atomic E-state index is 12.6. The lowest BCUT2D eigenvalue weighted by Gasteiger charge is -2.37. The van der Waals surface area contributed by atoms with E-state index in [1.807, 2.05) is 30.3 Å². The Labute approximate surface area is 204 Å². The predicted octanol–water partition coefficient (Wildman–Crippen LogP) is 2.85. The second-order valence-corrected chi connectivity index (χ2v) is 9.58. The number of rotatable bonds is 7. The van der Waals surface area contributed by atoms with Crippen LogP contribution in [0.4, 0.5) is 10.5 Å². The fourth-order valence-electron chi connectivity index (χ4n) is 5.37. The van der Waals surface area contributed by atoms with Gasteiger partial charge in [-0.1, -0.05) is 18.9 Å². The van der Waals surface area contributed by atoms with Crippen molar-refractivity contribution in [1.82, 2.24) is 15.6 Å². The zero-order valence-corrected chi connectivity index (χ0v) is 19.6. The molecule has 3 aliphatic rings. The number of urea groups is 1. The van der Waals surface area contributed by atoms with Crippen molar-refractivity contribution in [2.45, 2.75) is 75.3 Å². The van der Waals surface area contributed by atoms with E-state index in [9.17, 15) is 14.7 Å². The summed E-state index contributed by atoms with van der Waals surface area (Å²) < 4.78 is 12.2. The minimum atomic E-state index is -0.528. The zero-order valence-electron chi connectivity index (χ0n) is 19.6. The van der Waals surface area contributed by atoms with Gasteiger partial charge in [0.2, 0.25) is 5.91 Å². The van der Waals surface area contributed by atoms with Crippen molar-refractivity contribution < 1.29 is 24.2 Å². The Kier molecular flexibility index (Phi) is 7.15. The van der Waals surface area contributed by atoms with Gasteiger partial charge >= 0.3 is 6.03 Å². The number of benzene rings is 1. The molecule has 2 aliphatic heterocycles. The van der Waals surface area contributed by atoms with E-state index in [0.717, 1.165) is 42.6 Å². The first-order valence-electron chi connectivity index (χ1n) is 12.4. The summed E-state index contributed by atoms with van der Waals surface area (Å²) in [7, 11) is 0. The molecule has 0 spiro atoms. The molecule has 0 radical (unpaired) electrons. The van der Waals surface area contributed by atoms with Gasteiger partial charge in [-0.05, 0) is 49.1 Å². The van der Waals surface area contributed by atoms with Crippen molar-refractivity contribution in [3.8, 4) is 5.75 Å². The van der Waals surface area contributed by atoms with Crippen LogP contribution >= 0.6 is 0 Å². The van der Waals surface area contributed by atoms with Crippen LogP contribution in [-0.2, 0) is 16.1 Å². The van der Waals surface area contributed by atoms with Crippen LogP contribution in [0.5, 0.6) is 5.75 Å². The highest BCUT2D eigenvalue weighted by atomic mass is 16.6. The van der Waals surface area contributed by atoms with Crippen molar-refractivity contribution in [1.29, 1.82) is 0 Å². The molecule has 1 aromatic carbocycles. The number of aromatic nitrogens is 1. The fourth-order valence-corrected chi connectivity index (χ4v) is 5.37. The third-order valence-corrected chi connectivity index (χ3v) is 7.07. The van der Waals surface area contributed by atoms with Crippen LogP contribution in [0, 0.1) is 0 Å². The van der Waals surface area contributed by atoms with E-state index in [1.165, 1.54) is 0 Å². The van der Waals surface area contributed by atoms with Gasteiger partial charge in [0.05, 0.1) is 19.1 Å². The number of aliphatic hydroxyl groups is 1. The molecule has 35 heavy (non-hydrogen) atoms. The molecule has 3 heterocycles. The molecule has 1 aromatic heterocycles. The maximum Gasteiger partial charge on any atom is 0.319 e. The predicted molar refractivity (Wildman–Crippen MR) is 129 cm³/mol. The Bertz CT molecular complexity index is 1040. The van der Waals surface area contributed by atoms with Crippen molar-refractivity contribution in [2.75, 3.05) is 11.9 Å². The normalized spacial score (nSPS) is 25.3. The van der Waals surface area contributed by atoms with Gasteiger partial charge in [-0.2, -0.15) is 0 Å². The van der Waals surface area contributed by atoms with Crippen LogP contribution in [0.25, 0.3) is 0 Å².